The van der Waals surface area contributed by atoms with Crippen molar-refractivity contribution < 1.29 is 4.79 Å². The van der Waals surface area contributed by atoms with Gasteiger partial charge in [0, 0.05) is 18.5 Å². The van der Waals surface area contributed by atoms with Gasteiger partial charge in [0.25, 0.3) is 0 Å². The SMILES string of the molecule is Cc1ccc2cc(C=O)c(N3CCCC3)nc2c1. The summed E-state index contributed by atoms with van der Waals surface area (Å²) in [5.41, 5.74) is 2.87. The molecule has 1 aliphatic heterocycles. The summed E-state index contributed by atoms with van der Waals surface area (Å²) in [5, 5.41) is 1.03. The molecule has 0 aliphatic carbocycles. The molecule has 1 aromatic carbocycles. The Morgan fingerprint density at radius 3 is 2.72 bits per heavy atom. The molecular weight excluding hydrogens is 224 g/mol. The Hall–Kier alpha value is -1.90. The van der Waals surface area contributed by atoms with Gasteiger partial charge in [-0.05, 0) is 37.5 Å². The van der Waals surface area contributed by atoms with Gasteiger partial charge in [0.1, 0.15) is 5.82 Å². The van der Waals surface area contributed by atoms with Crippen molar-refractivity contribution in [2.24, 2.45) is 0 Å². The Morgan fingerprint density at radius 1 is 1.22 bits per heavy atom. The molecule has 0 spiro atoms. The lowest BCUT2D eigenvalue weighted by Gasteiger charge is -2.18. The highest BCUT2D eigenvalue weighted by Gasteiger charge is 2.17. The molecule has 1 saturated heterocycles. The molecule has 0 saturated carbocycles. The van der Waals surface area contributed by atoms with Crippen LogP contribution in [0.4, 0.5) is 5.82 Å². The molecular formula is C15H16N2O. The minimum absolute atomic E-state index is 0.702. The predicted molar refractivity (Wildman–Crippen MR) is 73.3 cm³/mol. The maximum atomic E-state index is 11.2. The van der Waals surface area contributed by atoms with Crippen LogP contribution in [0.2, 0.25) is 0 Å². The van der Waals surface area contributed by atoms with Gasteiger partial charge in [0.15, 0.2) is 6.29 Å². The normalized spacial score (nSPS) is 15.3. The highest BCUT2D eigenvalue weighted by Crippen LogP contribution is 2.25. The predicted octanol–water partition coefficient (Wildman–Crippen LogP) is 2.96. The zero-order chi connectivity index (χ0) is 12.5. The molecule has 0 amide bonds. The van der Waals surface area contributed by atoms with Crippen molar-refractivity contribution >= 4 is 23.0 Å². The van der Waals surface area contributed by atoms with Gasteiger partial charge < -0.3 is 4.90 Å². The van der Waals surface area contributed by atoms with Crippen LogP contribution in [-0.2, 0) is 0 Å². The van der Waals surface area contributed by atoms with Crippen molar-refractivity contribution in [3.63, 3.8) is 0 Å². The van der Waals surface area contributed by atoms with E-state index in [0.717, 1.165) is 36.1 Å². The molecule has 1 aromatic heterocycles. The maximum absolute atomic E-state index is 11.2. The van der Waals surface area contributed by atoms with Crippen molar-refractivity contribution in [3.8, 4) is 0 Å². The van der Waals surface area contributed by atoms with Crippen LogP contribution < -0.4 is 4.90 Å². The van der Waals surface area contributed by atoms with E-state index in [9.17, 15) is 4.79 Å². The van der Waals surface area contributed by atoms with Crippen LogP contribution in [0, 0.1) is 6.92 Å². The van der Waals surface area contributed by atoms with Crippen molar-refractivity contribution in [1.29, 1.82) is 0 Å². The molecule has 3 heteroatoms. The summed E-state index contributed by atoms with van der Waals surface area (Å²) in [4.78, 5) is 18.1. The van der Waals surface area contributed by atoms with Gasteiger partial charge in [-0.25, -0.2) is 4.98 Å². The Labute approximate surface area is 106 Å². The first-order chi connectivity index (χ1) is 8.78. The highest BCUT2D eigenvalue weighted by atomic mass is 16.1. The van der Waals surface area contributed by atoms with Crippen LogP contribution in [0.15, 0.2) is 24.3 Å². The Balaban J connectivity index is 2.18. The van der Waals surface area contributed by atoms with Crippen LogP contribution in [0.3, 0.4) is 0 Å². The molecule has 3 nitrogen and oxygen atoms in total. The number of pyridine rings is 1. The number of hydrogen-bond acceptors (Lipinski definition) is 3. The summed E-state index contributed by atoms with van der Waals surface area (Å²) in [6, 6.07) is 8.10. The number of aryl methyl sites for hydroxylation is 1. The summed E-state index contributed by atoms with van der Waals surface area (Å²) in [7, 11) is 0. The molecule has 1 aliphatic rings. The van der Waals surface area contributed by atoms with E-state index in [1.54, 1.807) is 0 Å². The Kier molecular flexibility index (Phi) is 2.74. The molecule has 18 heavy (non-hydrogen) atoms. The summed E-state index contributed by atoms with van der Waals surface area (Å²) in [5.74, 6) is 0.848. The average Bonchev–Trinajstić information content (AvgIpc) is 2.90. The van der Waals surface area contributed by atoms with Gasteiger partial charge in [-0.1, -0.05) is 12.1 Å². The summed E-state index contributed by atoms with van der Waals surface area (Å²) in [6.45, 7) is 4.07. The van der Waals surface area contributed by atoms with Gasteiger partial charge in [-0.3, -0.25) is 4.79 Å². The number of aldehydes is 1. The fourth-order valence-corrected chi connectivity index (χ4v) is 2.55. The lowest BCUT2D eigenvalue weighted by atomic mass is 10.1. The first-order valence-electron chi connectivity index (χ1n) is 6.39. The third-order valence-electron chi connectivity index (χ3n) is 3.51. The van der Waals surface area contributed by atoms with E-state index in [-0.39, 0.29) is 0 Å². The molecule has 0 radical (unpaired) electrons. The number of carbonyl (C=O) groups is 1. The van der Waals surface area contributed by atoms with Gasteiger partial charge in [0.2, 0.25) is 0 Å². The summed E-state index contributed by atoms with van der Waals surface area (Å²) >= 11 is 0. The Bertz CT molecular complexity index is 601. The molecule has 0 N–H and O–H groups in total. The Morgan fingerprint density at radius 2 is 2.00 bits per heavy atom. The maximum Gasteiger partial charge on any atom is 0.153 e. The standard InChI is InChI=1S/C15H16N2O/c1-11-4-5-12-9-13(10-18)15(16-14(12)8-11)17-6-2-3-7-17/h4-5,8-10H,2-3,6-7H2,1H3. The van der Waals surface area contributed by atoms with Crippen LogP contribution in [0.25, 0.3) is 10.9 Å². The van der Waals surface area contributed by atoms with Gasteiger partial charge >= 0.3 is 0 Å². The van der Waals surface area contributed by atoms with Crippen molar-refractivity contribution in [2.75, 3.05) is 18.0 Å². The van der Waals surface area contributed by atoms with Gasteiger partial charge in [0.05, 0.1) is 11.1 Å². The van der Waals surface area contributed by atoms with E-state index < -0.39 is 0 Å². The number of rotatable bonds is 2. The van der Waals surface area contributed by atoms with E-state index in [4.69, 9.17) is 0 Å². The van der Waals surface area contributed by atoms with Crippen molar-refractivity contribution in [3.05, 3.63) is 35.4 Å². The van der Waals surface area contributed by atoms with Crippen LogP contribution in [0.1, 0.15) is 28.8 Å². The van der Waals surface area contributed by atoms with Crippen molar-refractivity contribution in [1.82, 2.24) is 4.98 Å². The first kappa shape index (κ1) is 11.2. The second-order valence-electron chi connectivity index (χ2n) is 4.91. The van der Waals surface area contributed by atoms with Crippen LogP contribution >= 0.6 is 0 Å². The molecule has 2 heterocycles. The quantitative estimate of drug-likeness (QED) is 0.757. The number of benzene rings is 1. The third-order valence-corrected chi connectivity index (χ3v) is 3.51. The lowest BCUT2D eigenvalue weighted by Crippen LogP contribution is -2.20. The zero-order valence-corrected chi connectivity index (χ0v) is 10.5. The zero-order valence-electron chi connectivity index (χ0n) is 10.5. The van der Waals surface area contributed by atoms with Gasteiger partial charge in [-0.15, -0.1) is 0 Å². The van der Waals surface area contributed by atoms with E-state index in [0.29, 0.717) is 5.56 Å². The number of carbonyl (C=O) groups excluding carboxylic acids is 1. The van der Waals surface area contributed by atoms with Crippen LogP contribution in [-0.4, -0.2) is 24.4 Å². The second kappa shape index (κ2) is 4.41. The lowest BCUT2D eigenvalue weighted by molar-refractivity contribution is 0.112. The summed E-state index contributed by atoms with van der Waals surface area (Å²) < 4.78 is 0. The van der Waals surface area contributed by atoms with Gasteiger partial charge in [-0.2, -0.15) is 0 Å². The largest absolute Gasteiger partial charge is 0.356 e. The third kappa shape index (κ3) is 1.86. The molecule has 92 valence electrons. The highest BCUT2D eigenvalue weighted by molar-refractivity contribution is 5.92. The molecule has 0 atom stereocenters. The molecule has 1 fully saturated rings. The molecule has 2 aromatic rings. The average molecular weight is 240 g/mol. The molecule has 3 rings (SSSR count). The monoisotopic (exact) mass is 240 g/mol. The number of nitrogens with zero attached hydrogens (tertiary/aromatic N) is 2. The second-order valence-corrected chi connectivity index (χ2v) is 4.91. The van der Waals surface area contributed by atoms with E-state index in [1.807, 2.05) is 18.2 Å². The molecule has 0 unspecified atom stereocenters. The topological polar surface area (TPSA) is 33.2 Å². The number of hydrogen-bond donors (Lipinski definition) is 0. The number of aromatic nitrogens is 1. The fourth-order valence-electron chi connectivity index (χ4n) is 2.55. The minimum atomic E-state index is 0.702. The minimum Gasteiger partial charge on any atom is -0.356 e. The fraction of sp³-hybridized carbons (Fsp3) is 0.333. The van der Waals surface area contributed by atoms with Crippen molar-refractivity contribution in [2.45, 2.75) is 19.8 Å². The first-order valence-corrected chi connectivity index (χ1v) is 6.39. The van der Waals surface area contributed by atoms with Crippen LogP contribution in [0.5, 0.6) is 0 Å². The number of fused-ring (bicyclic) bond motifs is 1. The van der Waals surface area contributed by atoms with E-state index in [2.05, 4.69) is 22.9 Å². The van der Waals surface area contributed by atoms with E-state index >= 15 is 0 Å². The molecule has 0 bridgehead atoms. The number of anilines is 1. The summed E-state index contributed by atoms with van der Waals surface area (Å²) in [6.07, 6.45) is 3.29. The van der Waals surface area contributed by atoms with E-state index in [1.165, 1.54) is 18.4 Å². The smallest absolute Gasteiger partial charge is 0.153 e.